The van der Waals surface area contributed by atoms with Gasteiger partial charge in [-0.1, -0.05) is 11.6 Å². The van der Waals surface area contributed by atoms with E-state index in [1.807, 2.05) is 6.07 Å². The molecule has 0 aliphatic heterocycles. The van der Waals surface area contributed by atoms with Crippen LogP contribution in [0.3, 0.4) is 0 Å². The number of benzene rings is 1. The Morgan fingerprint density at radius 2 is 2.17 bits per heavy atom. The Balaban J connectivity index is 0.00000289. The molecule has 0 heterocycles. The van der Waals surface area contributed by atoms with Gasteiger partial charge in [0.05, 0.1) is 25.3 Å². The van der Waals surface area contributed by atoms with Gasteiger partial charge in [0, 0.05) is 12.8 Å². The van der Waals surface area contributed by atoms with E-state index in [2.05, 4.69) is 10.3 Å². The molecule has 0 amide bonds. The molecule has 0 saturated carbocycles. The number of guanidine groups is 1. The molecular formula is C11H17ClIN3O2. The smallest absolute Gasteiger partial charge is 0.193 e. The molecule has 1 aromatic carbocycles. The van der Waals surface area contributed by atoms with Crippen molar-refractivity contribution in [1.82, 2.24) is 0 Å². The van der Waals surface area contributed by atoms with Crippen molar-refractivity contribution in [2.24, 2.45) is 10.7 Å². The quantitative estimate of drug-likeness (QED) is 0.353. The van der Waals surface area contributed by atoms with Gasteiger partial charge in [-0.25, -0.2) is 0 Å². The lowest BCUT2D eigenvalue weighted by Gasteiger charge is -2.08. The first-order valence-corrected chi connectivity index (χ1v) is 5.44. The molecular weight excluding hydrogens is 368 g/mol. The Morgan fingerprint density at radius 3 is 2.72 bits per heavy atom. The van der Waals surface area contributed by atoms with E-state index < -0.39 is 0 Å². The number of aliphatic imine (C=N–C) groups is 1. The van der Waals surface area contributed by atoms with Crippen LogP contribution in [0.4, 0.5) is 5.69 Å². The Bertz CT molecular complexity index is 402. The van der Waals surface area contributed by atoms with Gasteiger partial charge in [0.1, 0.15) is 5.75 Å². The molecule has 0 spiro atoms. The fraction of sp³-hybridized carbons (Fsp3) is 0.364. The van der Waals surface area contributed by atoms with E-state index in [-0.39, 0.29) is 24.0 Å². The molecule has 7 heteroatoms. The standard InChI is InChI=1S/C11H16ClN3O2.HI/c1-16-6-5-14-11(13)15-8-3-4-10(17-2)9(12)7-8;/h3-4,7H,5-6H2,1-2H3,(H3,13,14,15);1H. The van der Waals surface area contributed by atoms with Crippen LogP contribution in [-0.4, -0.2) is 33.3 Å². The van der Waals surface area contributed by atoms with Crippen LogP contribution in [-0.2, 0) is 4.74 Å². The highest BCUT2D eigenvalue weighted by Gasteiger charge is 2.02. The summed E-state index contributed by atoms with van der Waals surface area (Å²) in [5.41, 5.74) is 6.43. The number of ether oxygens (including phenoxy) is 2. The molecule has 0 radical (unpaired) electrons. The summed E-state index contributed by atoms with van der Waals surface area (Å²) in [6.45, 7) is 1.05. The van der Waals surface area contributed by atoms with Gasteiger partial charge >= 0.3 is 0 Å². The number of hydrogen-bond donors (Lipinski definition) is 2. The van der Waals surface area contributed by atoms with Crippen molar-refractivity contribution in [3.63, 3.8) is 0 Å². The van der Waals surface area contributed by atoms with Gasteiger partial charge in [0.25, 0.3) is 0 Å². The summed E-state index contributed by atoms with van der Waals surface area (Å²) in [6.07, 6.45) is 0. The molecule has 0 unspecified atom stereocenters. The molecule has 0 saturated heterocycles. The number of nitrogens with one attached hydrogen (secondary N) is 1. The van der Waals surface area contributed by atoms with Crippen LogP contribution in [0.15, 0.2) is 23.2 Å². The lowest BCUT2D eigenvalue weighted by Crippen LogP contribution is -2.23. The molecule has 0 atom stereocenters. The monoisotopic (exact) mass is 385 g/mol. The van der Waals surface area contributed by atoms with Gasteiger partial charge in [-0.15, -0.1) is 24.0 Å². The molecule has 5 nitrogen and oxygen atoms in total. The molecule has 1 rings (SSSR count). The first-order valence-electron chi connectivity index (χ1n) is 5.06. The Morgan fingerprint density at radius 1 is 1.44 bits per heavy atom. The Kier molecular flexibility index (Phi) is 8.86. The van der Waals surface area contributed by atoms with Crippen molar-refractivity contribution >= 4 is 47.2 Å². The summed E-state index contributed by atoms with van der Waals surface area (Å²) < 4.78 is 9.91. The van der Waals surface area contributed by atoms with Gasteiger partial charge in [-0.05, 0) is 18.2 Å². The summed E-state index contributed by atoms with van der Waals surface area (Å²) in [4.78, 5) is 4.07. The number of nitrogens with zero attached hydrogens (tertiary/aromatic N) is 1. The van der Waals surface area contributed by atoms with E-state index in [9.17, 15) is 0 Å². The van der Waals surface area contributed by atoms with Crippen molar-refractivity contribution in [1.29, 1.82) is 0 Å². The highest BCUT2D eigenvalue weighted by molar-refractivity contribution is 14.0. The van der Waals surface area contributed by atoms with E-state index >= 15 is 0 Å². The summed E-state index contributed by atoms with van der Waals surface area (Å²) in [6, 6.07) is 5.29. The fourth-order valence-electron chi connectivity index (χ4n) is 1.19. The number of rotatable bonds is 5. The topological polar surface area (TPSA) is 68.9 Å². The van der Waals surface area contributed by atoms with Crippen LogP contribution in [0.5, 0.6) is 5.75 Å². The number of nitrogens with two attached hydrogens (primary N) is 1. The lowest BCUT2D eigenvalue weighted by atomic mass is 10.3. The molecule has 0 bridgehead atoms. The van der Waals surface area contributed by atoms with E-state index in [4.69, 9.17) is 26.8 Å². The maximum Gasteiger partial charge on any atom is 0.193 e. The van der Waals surface area contributed by atoms with Crippen molar-refractivity contribution in [2.75, 3.05) is 32.7 Å². The molecule has 1 aromatic rings. The molecule has 18 heavy (non-hydrogen) atoms. The number of methoxy groups -OCH3 is 2. The van der Waals surface area contributed by atoms with Gasteiger partial charge < -0.3 is 20.5 Å². The van der Waals surface area contributed by atoms with Crippen molar-refractivity contribution in [3.8, 4) is 5.75 Å². The summed E-state index contributed by atoms with van der Waals surface area (Å²) in [7, 11) is 3.18. The average molecular weight is 386 g/mol. The summed E-state index contributed by atoms with van der Waals surface area (Å²) in [5.74, 6) is 0.940. The molecule has 0 aliphatic rings. The lowest BCUT2D eigenvalue weighted by molar-refractivity contribution is 0.208. The summed E-state index contributed by atoms with van der Waals surface area (Å²) >= 11 is 5.97. The van der Waals surface area contributed by atoms with E-state index in [0.717, 1.165) is 5.69 Å². The largest absolute Gasteiger partial charge is 0.495 e. The third kappa shape index (κ3) is 5.74. The SMILES string of the molecule is COCCN=C(N)Nc1ccc(OC)c(Cl)c1.I. The van der Waals surface area contributed by atoms with Crippen molar-refractivity contribution in [3.05, 3.63) is 23.2 Å². The number of halogens is 2. The van der Waals surface area contributed by atoms with Gasteiger partial charge in [-0.2, -0.15) is 0 Å². The highest BCUT2D eigenvalue weighted by Crippen LogP contribution is 2.26. The summed E-state index contributed by atoms with van der Waals surface area (Å²) in [5, 5.41) is 3.44. The maximum atomic E-state index is 5.97. The fourth-order valence-corrected chi connectivity index (χ4v) is 1.45. The minimum atomic E-state index is 0. The first-order chi connectivity index (χ1) is 8.17. The maximum absolute atomic E-state index is 5.97. The zero-order chi connectivity index (χ0) is 12.7. The van der Waals surface area contributed by atoms with E-state index in [0.29, 0.717) is 29.9 Å². The highest BCUT2D eigenvalue weighted by atomic mass is 127. The number of hydrogen-bond acceptors (Lipinski definition) is 3. The third-order valence-electron chi connectivity index (χ3n) is 2.00. The van der Waals surface area contributed by atoms with Crippen LogP contribution < -0.4 is 15.8 Å². The predicted molar refractivity (Wildman–Crippen MR) is 85.4 cm³/mol. The van der Waals surface area contributed by atoms with Crippen LogP contribution in [0.25, 0.3) is 0 Å². The van der Waals surface area contributed by atoms with Crippen LogP contribution in [0.1, 0.15) is 0 Å². The van der Waals surface area contributed by atoms with Gasteiger partial charge in [0.2, 0.25) is 0 Å². The normalized spacial score (nSPS) is 10.7. The predicted octanol–water partition coefficient (Wildman–Crippen LogP) is 2.34. The third-order valence-corrected chi connectivity index (χ3v) is 2.30. The second-order valence-electron chi connectivity index (χ2n) is 3.23. The van der Waals surface area contributed by atoms with Crippen molar-refractivity contribution < 1.29 is 9.47 Å². The molecule has 0 aliphatic carbocycles. The molecule has 0 fully saturated rings. The minimum Gasteiger partial charge on any atom is -0.495 e. The van der Waals surface area contributed by atoms with E-state index in [1.54, 1.807) is 26.4 Å². The minimum absolute atomic E-state index is 0. The van der Waals surface area contributed by atoms with Crippen LogP contribution >= 0.6 is 35.6 Å². The van der Waals surface area contributed by atoms with Crippen molar-refractivity contribution in [2.45, 2.75) is 0 Å². The average Bonchev–Trinajstić information content (AvgIpc) is 2.29. The van der Waals surface area contributed by atoms with Gasteiger partial charge in [0.15, 0.2) is 5.96 Å². The zero-order valence-electron chi connectivity index (χ0n) is 10.3. The second kappa shape index (κ2) is 9.23. The molecule has 102 valence electrons. The van der Waals surface area contributed by atoms with Gasteiger partial charge in [-0.3, -0.25) is 4.99 Å². The van der Waals surface area contributed by atoms with Crippen LogP contribution in [0.2, 0.25) is 5.02 Å². The first kappa shape index (κ1) is 17.3. The Hall–Kier alpha value is -0.730. The van der Waals surface area contributed by atoms with E-state index in [1.165, 1.54) is 0 Å². The Labute approximate surface area is 129 Å². The zero-order valence-corrected chi connectivity index (χ0v) is 13.4. The molecule has 0 aromatic heterocycles. The number of anilines is 1. The molecule has 3 N–H and O–H groups in total. The van der Waals surface area contributed by atoms with Crippen LogP contribution in [0, 0.1) is 0 Å². The second-order valence-corrected chi connectivity index (χ2v) is 3.64.